The van der Waals surface area contributed by atoms with Crippen LogP contribution in [0.5, 0.6) is 0 Å². The molecule has 1 aliphatic heterocycles. The maximum atomic E-state index is 11.6. The van der Waals surface area contributed by atoms with Gasteiger partial charge in [0.25, 0.3) is 5.91 Å². The van der Waals surface area contributed by atoms with Crippen molar-refractivity contribution in [2.75, 3.05) is 13.1 Å². The molecule has 0 spiro atoms. The van der Waals surface area contributed by atoms with Crippen molar-refractivity contribution in [2.45, 2.75) is 40.2 Å². The summed E-state index contributed by atoms with van der Waals surface area (Å²) in [5, 5.41) is 10.5. The minimum atomic E-state index is -0.565. The van der Waals surface area contributed by atoms with Gasteiger partial charge < -0.3 is 5.73 Å². The molecule has 128 valence electrons. The van der Waals surface area contributed by atoms with E-state index in [1.54, 1.807) is 0 Å². The molecule has 6 heteroatoms. The number of primary amides is 1. The molecular weight excluding hydrogens is 302 g/mol. The summed E-state index contributed by atoms with van der Waals surface area (Å²) in [5.74, 6) is 0.259. The standard InChI is InChI=1S/C18H25N5O/c1-11-4-6-23(7-5-11)10-14-9-15(13(3)8-12(14)2)16-17(18(19)24)21-22-20-16/h8-9,11H,4-7,10H2,1-3H3,(H2,19,24)(H,20,21,22). The maximum absolute atomic E-state index is 11.6. The molecule has 6 nitrogen and oxygen atoms in total. The number of rotatable bonds is 4. The summed E-state index contributed by atoms with van der Waals surface area (Å²) in [6, 6.07) is 4.28. The van der Waals surface area contributed by atoms with E-state index in [1.165, 1.54) is 24.0 Å². The number of hydrogen-bond acceptors (Lipinski definition) is 4. The molecule has 24 heavy (non-hydrogen) atoms. The van der Waals surface area contributed by atoms with E-state index in [0.717, 1.165) is 36.7 Å². The Bertz CT molecular complexity index is 744. The second-order valence-electron chi connectivity index (χ2n) is 6.94. The first-order valence-electron chi connectivity index (χ1n) is 8.49. The first kappa shape index (κ1) is 16.6. The zero-order valence-corrected chi connectivity index (χ0v) is 14.6. The van der Waals surface area contributed by atoms with Crippen LogP contribution in [0.25, 0.3) is 11.3 Å². The predicted octanol–water partition coefficient (Wildman–Crippen LogP) is 2.42. The van der Waals surface area contributed by atoms with Crippen molar-refractivity contribution in [3.63, 3.8) is 0 Å². The van der Waals surface area contributed by atoms with Gasteiger partial charge in [0.05, 0.1) is 0 Å². The average molecular weight is 327 g/mol. The van der Waals surface area contributed by atoms with E-state index in [4.69, 9.17) is 5.73 Å². The number of amides is 1. The quantitative estimate of drug-likeness (QED) is 0.902. The van der Waals surface area contributed by atoms with Crippen LogP contribution in [-0.2, 0) is 6.54 Å². The van der Waals surface area contributed by atoms with Gasteiger partial charge in [0.1, 0.15) is 5.69 Å². The normalized spacial score (nSPS) is 16.5. The van der Waals surface area contributed by atoms with Crippen molar-refractivity contribution in [3.8, 4) is 11.3 Å². The third-order valence-electron chi connectivity index (χ3n) is 4.99. The number of aryl methyl sites for hydroxylation is 2. The zero-order chi connectivity index (χ0) is 17.3. The number of piperidine rings is 1. The van der Waals surface area contributed by atoms with E-state index >= 15 is 0 Å². The molecule has 1 saturated heterocycles. The Hall–Kier alpha value is -2.21. The monoisotopic (exact) mass is 327 g/mol. The Morgan fingerprint density at radius 2 is 1.96 bits per heavy atom. The maximum Gasteiger partial charge on any atom is 0.271 e. The van der Waals surface area contributed by atoms with Crippen LogP contribution in [0.2, 0.25) is 0 Å². The summed E-state index contributed by atoms with van der Waals surface area (Å²) in [5.41, 5.74) is 10.7. The fourth-order valence-corrected chi connectivity index (χ4v) is 3.37. The molecule has 0 saturated carbocycles. The molecule has 1 aromatic carbocycles. The summed E-state index contributed by atoms with van der Waals surface area (Å²) >= 11 is 0. The van der Waals surface area contributed by atoms with Crippen molar-refractivity contribution in [3.05, 3.63) is 34.5 Å². The van der Waals surface area contributed by atoms with Crippen molar-refractivity contribution in [1.82, 2.24) is 20.3 Å². The summed E-state index contributed by atoms with van der Waals surface area (Å²) in [6.45, 7) is 9.68. The molecule has 0 aliphatic carbocycles. The highest BCUT2D eigenvalue weighted by atomic mass is 16.1. The van der Waals surface area contributed by atoms with Gasteiger partial charge in [-0.05, 0) is 68.5 Å². The Morgan fingerprint density at radius 3 is 2.62 bits per heavy atom. The van der Waals surface area contributed by atoms with Gasteiger partial charge in [-0.3, -0.25) is 9.69 Å². The van der Waals surface area contributed by atoms with E-state index in [9.17, 15) is 4.79 Å². The Morgan fingerprint density at radius 1 is 1.25 bits per heavy atom. The molecule has 1 amide bonds. The summed E-state index contributed by atoms with van der Waals surface area (Å²) in [4.78, 5) is 14.1. The minimum absolute atomic E-state index is 0.194. The van der Waals surface area contributed by atoms with E-state index < -0.39 is 5.91 Å². The molecule has 0 bridgehead atoms. The topological polar surface area (TPSA) is 87.9 Å². The van der Waals surface area contributed by atoms with Gasteiger partial charge in [0, 0.05) is 12.1 Å². The molecule has 3 rings (SSSR count). The fraction of sp³-hybridized carbons (Fsp3) is 0.500. The number of H-pyrrole nitrogens is 1. The number of hydrogen-bond donors (Lipinski definition) is 2. The van der Waals surface area contributed by atoms with Crippen LogP contribution < -0.4 is 5.73 Å². The van der Waals surface area contributed by atoms with Crippen LogP contribution in [0.3, 0.4) is 0 Å². The number of nitrogens with zero attached hydrogens (tertiary/aromatic N) is 3. The van der Waals surface area contributed by atoms with Gasteiger partial charge in [-0.1, -0.05) is 13.0 Å². The third-order valence-corrected chi connectivity index (χ3v) is 4.99. The lowest BCUT2D eigenvalue weighted by molar-refractivity contribution is 0.0996. The first-order valence-corrected chi connectivity index (χ1v) is 8.49. The first-order chi connectivity index (χ1) is 11.5. The molecule has 1 aliphatic rings. The largest absolute Gasteiger partial charge is 0.364 e. The van der Waals surface area contributed by atoms with Crippen LogP contribution in [0.1, 0.15) is 46.9 Å². The second kappa shape index (κ2) is 6.73. The summed E-state index contributed by atoms with van der Waals surface area (Å²) < 4.78 is 0. The average Bonchev–Trinajstić information content (AvgIpc) is 3.01. The second-order valence-corrected chi connectivity index (χ2v) is 6.94. The van der Waals surface area contributed by atoms with Gasteiger partial charge in [-0.15, -0.1) is 0 Å². The van der Waals surface area contributed by atoms with Gasteiger partial charge >= 0.3 is 0 Å². The van der Waals surface area contributed by atoms with Crippen LogP contribution in [-0.4, -0.2) is 39.3 Å². The molecule has 3 N–H and O–H groups in total. The predicted molar refractivity (Wildman–Crippen MR) is 93.5 cm³/mol. The Balaban J connectivity index is 1.91. The lowest BCUT2D eigenvalue weighted by atomic mass is 9.95. The highest BCUT2D eigenvalue weighted by Gasteiger charge is 2.20. The van der Waals surface area contributed by atoms with Crippen LogP contribution >= 0.6 is 0 Å². The van der Waals surface area contributed by atoms with E-state index in [2.05, 4.69) is 46.3 Å². The van der Waals surface area contributed by atoms with Crippen LogP contribution in [0.15, 0.2) is 12.1 Å². The molecule has 0 atom stereocenters. The number of likely N-dealkylation sites (tertiary alicyclic amines) is 1. The van der Waals surface area contributed by atoms with Crippen LogP contribution in [0, 0.1) is 19.8 Å². The molecule has 2 aromatic rings. The number of nitrogens with two attached hydrogens (primary N) is 1. The summed E-state index contributed by atoms with van der Waals surface area (Å²) in [7, 11) is 0. The Kier molecular flexibility index (Phi) is 4.66. The number of carbonyl (C=O) groups excluding carboxylic acids is 1. The molecule has 0 unspecified atom stereocenters. The summed E-state index contributed by atoms with van der Waals surface area (Å²) in [6.07, 6.45) is 2.51. The lowest BCUT2D eigenvalue weighted by Gasteiger charge is -2.30. The highest BCUT2D eigenvalue weighted by Crippen LogP contribution is 2.28. The van der Waals surface area contributed by atoms with Crippen molar-refractivity contribution < 1.29 is 4.79 Å². The fourth-order valence-electron chi connectivity index (χ4n) is 3.37. The lowest BCUT2D eigenvalue weighted by Crippen LogP contribution is -2.32. The van der Waals surface area contributed by atoms with Crippen molar-refractivity contribution >= 4 is 5.91 Å². The molecule has 1 fully saturated rings. The zero-order valence-electron chi connectivity index (χ0n) is 14.6. The van der Waals surface area contributed by atoms with E-state index in [1.807, 2.05) is 6.92 Å². The van der Waals surface area contributed by atoms with Crippen LogP contribution in [0.4, 0.5) is 0 Å². The van der Waals surface area contributed by atoms with Gasteiger partial charge in [-0.25, -0.2) is 0 Å². The smallest absolute Gasteiger partial charge is 0.271 e. The molecule has 2 heterocycles. The van der Waals surface area contributed by atoms with E-state index in [-0.39, 0.29) is 5.69 Å². The number of benzene rings is 1. The van der Waals surface area contributed by atoms with Gasteiger partial charge in [0.15, 0.2) is 5.69 Å². The molecule has 1 aromatic heterocycles. The number of carbonyl (C=O) groups is 1. The van der Waals surface area contributed by atoms with E-state index in [0.29, 0.717) is 5.69 Å². The minimum Gasteiger partial charge on any atom is -0.364 e. The third kappa shape index (κ3) is 3.33. The molecule has 0 radical (unpaired) electrons. The van der Waals surface area contributed by atoms with Crippen molar-refractivity contribution in [1.29, 1.82) is 0 Å². The number of aromatic amines is 1. The number of aromatic nitrogens is 3. The molecular formula is C18H25N5O. The highest BCUT2D eigenvalue weighted by molar-refractivity contribution is 5.97. The van der Waals surface area contributed by atoms with Crippen molar-refractivity contribution in [2.24, 2.45) is 11.7 Å². The number of nitrogens with one attached hydrogen (secondary N) is 1. The Labute approximate surface area is 142 Å². The SMILES string of the molecule is Cc1cc(C)c(-c2n[nH]nc2C(N)=O)cc1CN1CCC(C)CC1. The van der Waals surface area contributed by atoms with Gasteiger partial charge in [-0.2, -0.15) is 15.4 Å². The van der Waals surface area contributed by atoms with Gasteiger partial charge in [0.2, 0.25) is 0 Å².